The normalized spacial score (nSPS) is 14.1. The Bertz CT molecular complexity index is 3530. The Labute approximate surface area is 383 Å². The zero-order valence-corrected chi connectivity index (χ0v) is 36.4. The van der Waals surface area contributed by atoms with Gasteiger partial charge in [0.2, 0.25) is 0 Å². The molecule has 2 aliphatic carbocycles. The Kier molecular flexibility index (Phi) is 8.40. The van der Waals surface area contributed by atoms with E-state index >= 15 is 0 Å². The fourth-order valence-corrected chi connectivity index (χ4v) is 10.8. The number of rotatable bonds is 6. The van der Waals surface area contributed by atoms with E-state index in [1.54, 1.807) is 0 Å². The van der Waals surface area contributed by atoms with Crippen LogP contribution in [0.3, 0.4) is 0 Å². The smallest absolute Gasteiger partial charge is 0.178 e. The lowest BCUT2D eigenvalue weighted by atomic mass is 9.68. The monoisotopic (exact) mass is 847 g/mol. The van der Waals surface area contributed by atoms with E-state index < -0.39 is 5.41 Å². The van der Waals surface area contributed by atoms with E-state index in [1.807, 2.05) is 42.5 Å². The number of para-hydroxylation sites is 1. The summed E-state index contributed by atoms with van der Waals surface area (Å²) in [5.41, 5.74) is 16.0. The fourth-order valence-electron chi connectivity index (χ4n) is 10.8. The van der Waals surface area contributed by atoms with Crippen molar-refractivity contribution in [3.63, 3.8) is 0 Å². The molecule has 1 aliphatic heterocycles. The second-order valence-electron chi connectivity index (χ2n) is 17.9. The van der Waals surface area contributed by atoms with E-state index in [0.717, 1.165) is 50.3 Å². The van der Waals surface area contributed by atoms with Gasteiger partial charge in [-0.1, -0.05) is 202 Å². The minimum Gasteiger partial charge on any atom is -0.449 e. The second-order valence-corrected chi connectivity index (χ2v) is 17.9. The van der Waals surface area contributed by atoms with Crippen LogP contribution in [0.15, 0.2) is 212 Å². The van der Waals surface area contributed by atoms with Crippen molar-refractivity contribution in [1.82, 2.24) is 15.0 Å². The molecule has 1 aromatic heterocycles. The predicted molar refractivity (Wildman–Crippen MR) is 263 cm³/mol. The molecule has 0 bridgehead atoms. The van der Waals surface area contributed by atoms with Crippen LogP contribution in [0.1, 0.15) is 47.2 Å². The van der Waals surface area contributed by atoms with E-state index in [1.165, 1.54) is 38.9 Å². The number of hydrogen-bond donors (Lipinski definition) is 0. The summed E-state index contributed by atoms with van der Waals surface area (Å²) in [7, 11) is 0. The number of hydrogen-bond acceptors (Lipinski definition) is 5. The van der Waals surface area contributed by atoms with Gasteiger partial charge < -0.3 is 9.47 Å². The molecular weight excluding hydrogens is 807 g/mol. The molecular formula is C61H41N3O2. The molecule has 312 valence electrons. The summed E-state index contributed by atoms with van der Waals surface area (Å²) in [5.74, 6) is 4.54. The van der Waals surface area contributed by atoms with Crippen molar-refractivity contribution in [2.75, 3.05) is 0 Å². The van der Waals surface area contributed by atoms with Gasteiger partial charge in [0.15, 0.2) is 40.5 Å². The van der Waals surface area contributed by atoms with Gasteiger partial charge in [-0.05, 0) is 79.9 Å². The lowest BCUT2D eigenvalue weighted by Gasteiger charge is -2.34. The third-order valence-electron chi connectivity index (χ3n) is 13.9. The maximum atomic E-state index is 7.06. The molecule has 66 heavy (non-hydrogen) atoms. The van der Waals surface area contributed by atoms with Crippen LogP contribution in [-0.2, 0) is 10.8 Å². The number of fused-ring (bicyclic) bond motifs is 9. The van der Waals surface area contributed by atoms with Crippen LogP contribution in [0, 0.1) is 0 Å². The maximum Gasteiger partial charge on any atom is 0.178 e. The molecule has 0 N–H and O–H groups in total. The summed E-state index contributed by atoms with van der Waals surface area (Å²) >= 11 is 0. The molecule has 3 aliphatic rings. The van der Waals surface area contributed by atoms with Crippen molar-refractivity contribution in [3.8, 4) is 90.5 Å². The molecule has 0 radical (unpaired) electrons. The number of aromatic nitrogens is 3. The molecule has 9 aromatic carbocycles. The highest BCUT2D eigenvalue weighted by atomic mass is 16.6. The summed E-state index contributed by atoms with van der Waals surface area (Å²) < 4.78 is 14.1. The van der Waals surface area contributed by atoms with Crippen molar-refractivity contribution >= 4 is 0 Å². The third kappa shape index (κ3) is 5.63. The quantitative estimate of drug-likeness (QED) is 0.167. The van der Waals surface area contributed by atoms with Gasteiger partial charge in [-0.2, -0.15) is 0 Å². The lowest BCUT2D eigenvalue weighted by Crippen LogP contribution is -2.28. The predicted octanol–water partition coefficient (Wildman–Crippen LogP) is 15.1. The first-order chi connectivity index (χ1) is 32.5. The third-order valence-corrected chi connectivity index (χ3v) is 13.9. The van der Waals surface area contributed by atoms with Crippen LogP contribution < -0.4 is 9.47 Å². The average Bonchev–Trinajstić information content (AvgIpc) is 3.82. The van der Waals surface area contributed by atoms with Gasteiger partial charge in [-0.25, -0.2) is 15.0 Å². The summed E-state index contributed by atoms with van der Waals surface area (Å²) in [4.78, 5) is 15.4. The highest BCUT2D eigenvalue weighted by Gasteiger charge is 2.48. The Hall–Kier alpha value is -8.41. The van der Waals surface area contributed by atoms with Crippen LogP contribution in [0.5, 0.6) is 23.0 Å². The molecule has 0 spiro atoms. The summed E-state index contributed by atoms with van der Waals surface area (Å²) in [6.07, 6.45) is 0. The van der Waals surface area contributed by atoms with Crippen LogP contribution in [0.2, 0.25) is 0 Å². The molecule has 0 saturated heterocycles. The first kappa shape index (κ1) is 38.1. The minimum atomic E-state index is -0.548. The zero-order chi connectivity index (χ0) is 44.0. The molecule has 10 aromatic rings. The van der Waals surface area contributed by atoms with Crippen molar-refractivity contribution < 1.29 is 9.47 Å². The van der Waals surface area contributed by atoms with Crippen LogP contribution >= 0.6 is 0 Å². The number of ether oxygens (including phenoxy) is 2. The topological polar surface area (TPSA) is 57.1 Å². The van der Waals surface area contributed by atoms with Crippen LogP contribution in [-0.4, -0.2) is 15.0 Å². The second kappa shape index (κ2) is 14.6. The minimum absolute atomic E-state index is 0.158. The molecule has 2 heterocycles. The molecule has 5 heteroatoms. The molecule has 0 amide bonds. The Morgan fingerprint density at radius 2 is 0.848 bits per heavy atom. The fraction of sp³-hybridized carbons (Fsp3) is 0.0656. The molecule has 0 unspecified atom stereocenters. The molecule has 13 rings (SSSR count). The number of benzene rings is 9. The van der Waals surface area contributed by atoms with Gasteiger partial charge in [0.25, 0.3) is 0 Å². The van der Waals surface area contributed by atoms with E-state index in [9.17, 15) is 0 Å². The van der Waals surface area contributed by atoms with E-state index in [0.29, 0.717) is 34.7 Å². The SMILES string of the molecule is CC1(C)c2ccccc2-c2ccc(-c3nc(-c4ccccc4)nc(-c4cccc(-c5cccc6c5Oc5ccc7c(c5O6)-c5ccccc5C7(c5ccccc5)c5ccccc5)c4)n3)cc21. The highest BCUT2D eigenvalue weighted by Crippen LogP contribution is 2.63. The Morgan fingerprint density at radius 3 is 1.58 bits per heavy atom. The lowest BCUT2D eigenvalue weighted by molar-refractivity contribution is 0.361. The van der Waals surface area contributed by atoms with E-state index in [-0.39, 0.29) is 5.41 Å². The molecule has 0 fully saturated rings. The van der Waals surface area contributed by atoms with Crippen LogP contribution in [0.4, 0.5) is 0 Å². The average molecular weight is 848 g/mol. The van der Waals surface area contributed by atoms with Gasteiger partial charge in [0, 0.05) is 33.2 Å². The van der Waals surface area contributed by atoms with Gasteiger partial charge >= 0.3 is 0 Å². The standard InChI is InChI=1S/C61H41N3O2/c1-60(2)48-29-14-12-26-45(48)46-33-32-41(37-51(46)60)59-63-57(38-18-6-3-7-19-38)62-58(64-59)40-21-16-20-39(36-40)44-28-17-31-52-55(44)65-53-35-34-50-54(56(53)66-52)47-27-13-15-30-49(47)61(50,42-22-8-4-9-23-42)43-24-10-5-11-25-43/h3-37H,1-2H3. The molecule has 0 saturated carbocycles. The molecule has 5 nitrogen and oxygen atoms in total. The van der Waals surface area contributed by atoms with Gasteiger partial charge in [-0.3, -0.25) is 0 Å². The summed E-state index contributed by atoms with van der Waals surface area (Å²) in [6, 6.07) is 74.6. The van der Waals surface area contributed by atoms with Crippen molar-refractivity contribution in [1.29, 1.82) is 0 Å². The number of nitrogens with zero attached hydrogens (tertiary/aromatic N) is 3. The Balaban J connectivity index is 0.909. The first-order valence-electron chi connectivity index (χ1n) is 22.5. The molecule has 0 atom stereocenters. The van der Waals surface area contributed by atoms with Gasteiger partial charge in [0.1, 0.15) is 0 Å². The van der Waals surface area contributed by atoms with E-state index in [2.05, 4.69) is 184 Å². The van der Waals surface area contributed by atoms with Gasteiger partial charge in [-0.15, -0.1) is 0 Å². The zero-order valence-electron chi connectivity index (χ0n) is 36.4. The largest absolute Gasteiger partial charge is 0.449 e. The van der Waals surface area contributed by atoms with Crippen LogP contribution in [0.25, 0.3) is 67.5 Å². The first-order valence-corrected chi connectivity index (χ1v) is 22.5. The summed E-state index contributed by atoms with van der Waals surface area (Å²) in [5, 5.41) is 0. The van der Waals surface area contributed by atoms with E-state index in [4.69, 9.17) is 24.4 Å². The summed E-state index contributed by atoms with van der Waals surface area (Å²) in [6.45, 7) is 4.59. The highest BCUT2D eigenvalue weighted by molar-refractivity contribution is 5.93. The van der Waals surface area contributed by atoms with Crippen molar-refractivity contribution in [2.45, 2.75) is 24.7 Å². The van der Waals surface area contributed by atoms with Gasteiger partial charge in [0.05, 0.1) is 5.41 Å². The van der Waals surface area contributed by atoms with Crippen molar-refractivity contribution in [2.24, 2.45) is 0 Å². The Morgan fingerprint density at radius 1 is 0.333 bits per heavy atom. The van der Waals surface area contributed by atoms with Crippen molar-refractivity contribution in [3.05, 3.63) is 246 Å². The maximum absolute atomic E-state index is 7.06.